The zero-order valence-electron chi connectivity index (χ0n) is 11.3. The molecule has 0 N–H and O–H groups in total. The van der Waals surface area contributed by atoms with Crippen molar-refractivity contribution in [2.24, 2.45) is 5.41 Å². The van der Waals surface area contributed by atoms with E-state index < -0.39 is 0 Å². The Morgan fingerprint density at radius 1 is 0.938 bits per heavy atom. The summed E-state index contributed by atoms with van der Waals surface area (Å²) in [7, 11) is 0. The molecule has 0 spiro atoms. The second-order valence-corrected chi connectivity index (χ2v) is 5.72. The van der Waals surface area contributed by atoms with Crippen LogP contribution in [0.5, 0.6) is 0 Å². The first-order valence-electron chi connectivity index (χ1n) is 7.44. The van der Waals surface area contributed by atoms with Crippen molar-refractivity contribution in [1.29, 1.82) is 0 Å². The van der Waals surface area contributed by atoms with E-state index in [1.165, 1.54) is 77.0 Å². The largest absolute Gasteiger partial charge is 0.103 e. The van der Waals surface area contributed by atoms with Crippen LogP contribution in [-0.2, 0) is 0 Å². The molecule has 94 valence electrons. The minimum Gasteiger partial charge on any atom is -0.103 e. The summed E-state index contributed by atoms with van der Waals surface area (Å²) in [4.78, 5) is 0. The third-order valence-corrected chi connectivity index (χ3v) is 4.10. The number of unbranched alkanes of at least 4 members (excludes halogenated alkanes) is 7. The standard InChI is InChI=1S/C16H30/c1-3-5-6-7-8-9-10-11-13-16(12-4-2)14-15-16/h4H,2-3,5-15H2,1H3. The van der Waals surface area contributed by atoms with Crippen LogP contribution in [0.25, 0.3) is 0 Å². The molecule has 1 saturated carbocycles. The van der Waals surface area contributed by atoms with Crippen molar-refractivity contribution in [3.8, 4) is 0 Å². The van der Waals surface area contributed by atoms with Gasteiger partial charge in [-0.05, 0) is 31.1 Å². The highest BCUT2D eigenvalue weighted by molar-refractivity contribution is 4.97. The highest BCUT2D eigenvalue weighted by atomic mass is 14.4. The fraction of sp³-hybridized carbons (Fsp3) is 0.875. The van der Waals surface area contributed by atoms with Crippen molar-refractivity contribution >= 4 is 0 Å². The predicted octanol–water partition coefficient (Wildman–Crippen LogP) is 5.87. The van der Waals surface area contributed by atoms with E-state index in [1.807, 2.05) is 0 Å². The van der Waals surface area contributed by atoms with Gasteiger partial charge in [0, 0.05) is 0 Å². The third kappa shape index (κ3) is 5.72. The zero-order chi connectivity index (χ0) is 11.7. The van der Waals surface area contributed by atoms with Crippen LogP contribution >= 0.6 is 0 Å². The highest BCUT2D eigenvalue weighted by Gasteiger charge is 2.39. The molecule has 0 aliphatic heterocycles. The van der Waals surface area contributed by atoms with Crippen LogP contribution in [0.3, 0.4) is 0 Å². The molecule has 0 heteroatoms. The van der Waals surface area contributed by atoms with Crippen LogP contribution in [0.4, 0.5) is 0 Å². The molecule has 1 fully saturated rings. The van der Waals surface area contributed by atoms with E-state index in [0.717, 1.165) is 5.41 Å². The Kier molecular flexibility index (Phi) is 6.84. The van der Waals surface area contributed by atoms with Gasteiger partial charge in [0.2, 0.25) is 0 Å². The molecule has 0 unspecified atom stereocenters. The zero-order valence-corrected chi connectivity index (χ0v) is 11.3. The summed E-state index contributed by atoms with van der Waals surface area (Å²) in [5, 5.41) is 0. The molecular weight excluding hydrogens is 192 g/mol. The van der Waals surface area contributed by atoms with Gasteiger partial charge in [-0.25, -0.2) is 0 Å². The van der Waals surface area contributed by atoms with Gasteiger partial charge in [-0.3, -0.25) is 0 Å². The molecular formula is C16H30. The van der Waals surface area contributed by atoms with E-state index in [0.29, 0.717) is 0 Å². The Balaban J connectivity index is 1.83. The quantitative estimate of drug-likeness (QED) is 0.303. The van der Waals surface area contributed by atoms with Crippen molar-refractivity contribution < 1.29 is 0 Å². The van der Waals surface area contributed by atoms with Crippen LogP contribution in [0, 0.1) is 5.41 Å². The smallest absolute Gasteiger partial charge is 0.0263 e. The molecule has 0 radical (unpaired) electrons. The van der Waals surface area contributed by atoms with Crippen molar-refractivity contribution in [2.75, 3.05) is 0 Å². The monoisotopic (exact) mass is 222 g/mol. The van der Waals surface area contributed by atoms with Crippen molar-refractivity contribution in [1.82, 2.24) is 0 Å². The lowest BCUT2D eigenvalue weighted by molar-refractivity contribution is 0.435. The molecule has 0 aromatic rings. The number of hydrogen-bond acceptors (Lipinski definition) is 0. The lowest BCUT2D eigenvalue weighted by atomic mass is 9.94. The summed E-state index contributed by atoms with van der Waals surface area (Å²) >= 11 is 0. The van der Waals surface area contributed by atoms with Gasteiger partial charge < -0.3 is 0 Å². The molecule has 0 nitrogen and oxygen atoms in total. The van der Waals surface area contributed by atoms with Gasteiger partial charge in [0.15, 0.2) is 0 Å². The summed E-state index contributed by atoms with van der Waals surface area (Å²) in [6.07, 6.45) is 19.4. The number of hydrogen-bond donors (Lipinski definition) is 0. The lowest BCUT2D eigenvalue weighted by Gasteiger charge is -2.11. The van der Waals surface area contributed by atoms with Gasteiger partial charge in [-0.15, -0.1) is 6.58 Å². The first-order chi connectivity index (χ1) is 7.83. The second kappa shape index (κ2) is 7.92. The Hall–Kier alpha value is -0.260. The van der Waals surface area contributed by atoms with Gasteiger partial charge in [-0.2, -0.15) is 0 Å². The van der Waals surface area contributed by atoms with E-state index in [1.54, 1.807) is 0 Å². The van der Waals surface area contributed by atoms with Crippen LogP contribution in [-0.4, -0.2) is 0 Å². The molecule has 16 heavy (non-hydrogen) atoms. The van der Waals surface area contributed by atoms with E-state index in [-0.39, 0.29) is 0 Å². The fourth-order valence-corrected chi connectivity index (χ4v) is 2.67. The Morgan fingerprint density at radius 3 is 2.00 bits per heavy atom. The average molecular weight is 222 g/mol. The molecule has 0 heterocycles. The molecule has 0 saturated heterocycles. The van der Waals surface area contributed by atoms with E-state index in [2.05, 4.69) is 19.6 Å². The van der Waals surface area contributed by atoms with Crippen molar-refractivity contribution in [2.45, 2.75) is 84.0 Å². The summed E-state index contributed by atoms with van der Waals surface area (Å²) in [6, 6.07) is 0. The lowest BCUT2D eigenvalue weighted by Crippen LogP contribution is -1.98. The maximum atomic E-state index is 3.87. The van der Waals surface area contributed by atoms with Crippen LogP contribution in [0.2, 0.25) is 0 Å². The molecule has 1 rings (SSSR count). The Morgan fingerprint density at radius 2 is 1.50 bits per heavy atom. The number of rotatable bonds is 11. The molecule has 0 aromatic carbocycles. The minimum absolute atomic E-state index is 0.726. The van der Waals surface area contributed by atoms with Crippen LogP contribution in [0.1, 0.15) is 84.0 Å². The van der Waals surface area contributed by atoms with Crippen molar-refractivity contribution in [3.63, 3.8) is 0 Å². The summed E-state index contributed by atoms with van der Waals surface area (Å²) in [5.41, 5.74) is 0.726. The molecule has 1 aliphatic rings. The van der Waals surface area contributed by atoms with Crippen LogP contribution < -0.4 is 0 Å². The molecule has 0 atom stereocenters. The van der Waals surface area contributed by atoms with Gasteiger partial charge in [0.1, 0.15) is 0 Å². The third-order valence-electron chi connectivity index (χ3n) is 4.10. The molecule has 0 bridgehead atoms. The summed E-state index contributed by atoms with van der Waals surface area (Å²) in [6.45, 7) is 6.16. The minimum atomic E-state index is 0.726. The van der Waals surface area contributed by atoms with E-state index in [9.17, 15) is 0 Å². The van der Waals surface area contributed by atoms with Gasteiger partial charge in [0.05, 0.1) is 0 Å². The molecule has 0 aromatic heterocycles. The maximum Gasteiger partial charge on any atom is -0.0263 e. The van der Waals surface area contributed by atoms with Crippen molar-refractivity contribution in [3.05, 3.63) is 12.7 Å². The molecule has 0 amide bonds. The normalized spacial score (nSPS) is 17.3. The number of allylic oxidation sites excluding steroid dienone is 1. The first kappa shape index (κ1) is 13.8. The summed E-state index contributed by atoms with van der Waals surface area (Å²) in [5.74, 6) is 0. The van der Waals surface area contributed by atoms with Crippen LogP contribution in [0.15, 0.2) is 12.7 Å². The topological polar surface area (TPSA) is 0 Å². The maximum absolute atomic E-state index is 3.87. The van der Waals surface area contributed by atoms with Gasteiger partial charge in [0.25, 0.3) is 0 Å². The SMILES string of the molecule is C=CCC1(CCCCCCCCCC)CC1. The van der Waals surface area contributed by atoms with E-state index in [4.69, 9.17) is 0 Å². The Labute approximate surface area is 103 Å². The second-order valence-electron chi connectivity index (χ2n) is 5.72. The highest BCUT2D eigenvalue weighted by Crippen LogP contribution is 2.53. The fourth-order valence-electron chi connectivity index (χ4n) is 2.67. The molecule has 1 aliphatic carbocycles. The Bertz CT molecular complexity index is 176. The van der Waals surface area contributed by atoms with Gasteiger partial charge in [-0.1, -0.05) is 64.4 Å². The van der Waals surface area contributed by atoms with Gasteiger partial charge >= 0.3 is 0 Å². The average Bonchev–Trinajstić information content (AvgIpc) is 3.03. The van der Waals surface area contributed by atoms with E-state index >= 15 is 0 Å². The predicted molar refractivity (Wildman–Crippen MR) is 73.7 cm³/mol. The summed E-state index contributed by atoms with van der Waals surface area (Å²) < 4.78 is 0. The first-order valence-corrected chi connectivity index (χ1v) is 7.44.